The molecule has 1 amide bonds. The van der Waals surface area contributed by atoms with Crippen molar-refractivity contribution in [3.05, 3.63) is 35.9 Å². The molecule has 6 nitrogen and oxygen atoms in total. The average molecular weight is 279 g/mol. The number of carboxylic acid groups (broad SMARTS) is 1. The lowest BCUT2D eigenvalue weighted by atomic mass is 9.80. The molecule has 1 atom stereocenters. The van der Waals surface area contributed by atoms with Crippen molar-refractivity contribution in [1.82, 2.24) is 5.32 Å². The lowest BCUT2D eigenvalue weighted by molar-refractivity contribution is -0.161. The van der Waals surface area contributed by atoms with E-state index in [0.717, 1.165) is 5.56 Å². The summed E-state index contributed by atoms with van der Waals surface area (Å²) in [6.45, 7) is 2.48. The zero-order valence-corrected chi connectivity index (χ0v) is 11.2. The molecule has 1 heterocycles. The van der Waals surface area contributed by atoms with Crippen molar-refractivity contribution in [2.45, 2.75) is 19.6 Å². The van der Waals surface area contributed by atoms with Gasteiger partial charge in [0, 0.05) is 5.41 Å². The van der Waals surface area contributed by atoms with Gasteiger partial charge in [0.15, 0.2) is 0 Å². The van der Waals surface area contributed by atoms with Crippen LogP contribution >= 0.6 is 0 Å². The van der Waals surface area contributed by atoms with E-state index in [9.17, 15) is 14.7 Å². The van der Waals surface area contributed by atoms with Crippen LogP contribution < -0.4 is 5.32 Å². The Labute approximate surface area is 116 Å². The number of carbonyl (C=O) groups excluding carboxylic acids is 1. The van der Waals surface area contributed by atoms with E-state index >= 15 is 0 Å². The number of rotatable bonds is 5. The summed E-state index contributed by atoms with van der Waals surface area (Å²) in [7, 11) is 0. The number of ether oxygens (including phenoxy) is 2. The molecule has 1 aliphatic heterocycles. The smallest absolute Gasteiger partial charge is 0.408 e. The minimum Gasteiger partial charge on any atom is -0.480 e. The number of alkyl carbamates (subject to hydrolysis) is 1. The number of aliphatic carboxylic acids is 1. The molecule has 0 unspecified atom stereocenters. The van der Waals surface area contributed by atoms with E-state index in [1.54, 1.807) is 6.92 Å². The Bertz CT molecular complexity index is 484. The standard InChI is InChI=1S/C14H17NO5/c1-14(8-19-9-14)11(12(16)17)15-13(18)20-7-10-5-3-2-4-6-10/h2-6,11H,7-9H2,1H3,(H,15,18)(H,16,17)/t11-/m1/s1. The molecule has 0 saturated carbocycles. The second kappa shape index (κ2) is 5.92. The van der Waals surface area contributed by atoms with E-state index in [2.05, 4.69) is 5.32 Å². The molecule has 1 aromatic carbocycles. The second-order valence-corrected chi connectivity index (χ2v) is 5.12. The fourth-order valence-corrected chi connectivity index (χ4v) is 2.01. The summed E-state index contributed by atoms with van der Waals surface area (Å²) in [5, 5.41) is 11.6. The molecular weight excluding hydrogens is 262 g/mol. The molecule has 1 saturated heterocycles. The first-order valence-corrected chi connectivity index (χ1v) is 6.29. The summed E-state index contributed by atoms with van der Waals surface area (Å²) in [5.41, 5.74) is 0.255. The summed E-state index contributed by atoms with van der Waals surface area (Å²) >= 11 is 0. The zero-order chi connectivity index (χ0) is 14.6. The average Bonchev–Trinajstić information content (AvgIpc) is 2.41. The van der Waals surface area contributed by atoms with E-state index in [4.69, 9.17) is 9.47 Å². The molecule has 0 spiro atoms. The fourth-order valence-electron chi connectivity index (χ4n) is 2.01. The Morgan fingerprint density at radius 1 is 1.40 bits per heavy atom. The molecule has 2 rings (SSSR count). The van der Waals surface area contributed by atoms with Gasteiger partial charge in [-0.25, -0.2) is 9.59 Å². The summed E-state index contributed by atoms with van der Waals surface area (Å²) < 4.78 is 10.0. The SMILES string of the molecule is CC1([C@H](NC(=O)OCc2ccccc2)C(=O)O)COC1. The van der Waals surface area contributed by atoms with E-state index in [0.29, 0.717) is 13.2 Å². The van der Waals surface area contributed by atoms with Crippen LogP contribution in [0.4, 0.5) is 4.79 Å². The first-order valence-electron chi connectivity index (χ1n) is 6.29. The van der Waals surface area contributed by atoms with Gasteiger partial charge in [-0.15, -0.1) is 0 Å². The molecule has 0 radical (unpaired) electrons. The Balaban J connectivity index is 1.87. The van der Waals surface area contributed by atoms with Crippen LogP contribution in [0.3, 0.4) is 0 Å². The lowest BCUT2D eigenvalue weighted by Gasteiger charge is -2.42. The highest BCUT2D eigenvalue weighted by Gasteiger charge is 2.46. The van der Waals surface area contributed by atoms with Crippen LogP contribution in [-0.4, -0.2) is 36.4 Å². The Kier molecular flexibility index (Phi) is 4.24. The largest absolute Gasteiger partial charge is 0.480 e. The van der Waals surface area contributed by atoms with Crippen LogP contribution in [0.15, 0.2) is 30.3 Å². The van der Waals surface area contributed by atoms with Gasteiger partial charge >= 0.3 is 12.1 Å². The summed E-state index contributed by atoms with van der Waals surface area (Å²) in [6.07, 6.45) is -0.741. The molecule has 0 bridgehead atoms. The highest BCUT2D eigenvalue weighted by molar-refractivity contribution is 5.81. The lowest BCUT2D eigenvalue weighted by Crippen LogP contribution is -2.59. The Morgan fingerprint density at radius 2 is 2.05 bits per heavy atom. The number of hydrogen-bond acceptors (Lipinski definition) is 4. The van der Waals surface area contributed by atoms with Gasteiger partial charge in [0.05, 0.1) is 13.2 Å². The summed E-state index contributed by atoms with van der Waals surface area (Å²) in [6, 6.07) is 8.17. The second-order valence-electron chi connectivity index (χ2n) is 5.12. The van der Waals surface area contributed by atoms with Gasteiger partial charge < -0.3 is 19.9 Å². The van der Waals surface area contributed by atoms with E-state index < -0.39 is 23.5 Å². The first kappa shape index (κ1) is 14.3. The van der Waals surface area contributed by atoms with E-state index in [1.165, 1.54) is 0 Å². The minimum absolute atomic E-state index is 0.103. The number of carbonyl (C=O) groups is 2. The molecule has 108 valence electrons. The molecule has 1 aliphatic rings. The van der Waals surface area contributed by atoms with E-state index in [1.807, 2.05) is 30.3 Å². The Hall–Kier alpha value is -2.08. The maximum absolute atomic E-state index is 11.7. The van der Waals surface area contributed by atoms with Crippen LogP contribution in [0.25, 0.3) is 0 Å². The number of hydrogen-bond donors (Lipinski definition) is 2. The number of benzene rings is 1. The third-order valence-corrected chi connectivity index (χ3v) is 3.28. The molecule has 2 N–H and O–H groups in total. The molecule has 0 aliphatic carbocycles. The fraction of sp³-hybridized carbons (Fsp3) is 0.429. The van der Waals surface area contributed by atoms with Gasteiger partial charge in [-0.1, -0.05) is 37.3 Å². The number of nitrogens with one attached hydrogen (secondary N) is 1. The van der Waals surface area contributed by atoms with Gasteiger partial charge in [-0.05, 0) is 5.56 Å². The van der Waals surface area contributed by atoms with Crippen LogP contribution in [0.5, 0.6) is 0 Å². The maximum Gasteiger partial charge on any atom is 0.408 e. The molecular formula is C14H17NO5. The highest BCUT2D eigenvalue weighted by atomic mass is 16.5. The maximum atomic E-state index is 11.7. The summed E-state index contributed by atoms with van der Waals surface area (Å²) in [4.78, 5) is 22.9. The zero-order valence-electron chi connectivity index (χ0n) is 11.2. The van der Waals surface area contributed by atoms with Crippen molar-refractivity contribution in [3.8, 4) is 0 Å². The van der Waals surface area contributed by atoms with Crippen LogP contribution in [0, 0.1) is 5.41 Å². The van der Waals surface area contributed by atoms with Crippen LogP contribution in [0.1, 0.15) is 12.5 Å². The molecule has 20 heavy (non-hydrogen) atoms. The van der Waals surface area contributed by atoms with Gasteiger partial charge in [-0.3, -0.25) is 0 Å². The van der Waals surface area contributed by atoms with E-state index in [-0.39, 0.29) is 6.61 Å². The van der Waals surface area contributed by atoms with Gasteiger partial charge in [0.2, 0.25) is 0 Å². The highest BCUT2D eigenvalue weighted by Crippen LogP contribution is 2.31. The predicted octanol–water partition coefficient (Wildman–Crippen LogP) is 1.40. The monoisotopic (exact) mass is 279 g/mol. The quantitative estimate of drug-likeness (QED) is 0.851. The molecule has 1 fully saturated rings. The minimum atomic E-state index is -1.09. The van der Waals surface area contributed by atoms with Crippen molar-refractivity contribution in [2.75, 3.05) is 13.2 Å². The Morgan fingerprint density at radius 3 is 2.55 bits per heavy atom. The normalized spacial score (nSPS) is 17.6. The molecule has 0 aromatic heterocycles. The topological polar surface area (TPSA) is 84.9 Å². The molecule has 1 aromatic rings. The van der Waals surface area contributed by atoms with Crippen molar-refractivity contribution in [3.63, 3.8) is 0 Å². The first-order chi connectivity index (χ1) is 9.51. The van der Waals surface area contributed by atoms with Crippen molar-refractivity contribution in [2.24, 2.45) is 5.41 Å². The number of amides is 1. The van der Waals surface area contributed by atoms with Crippen molar-refractivity contribution < 1.29 is 24.2 Å². The van der Waals surface area contributed by atoms with Crippen molar-refractivity contribution in [1.29, 1.82) is 0 Å². The van der Waals surface area contributed by atoms with Gasteiger partial charge in [0.25, 0.3) is 0 Å². The van der Waals surface area contributed by atoms with Gasteiger partial charge in [-0.2, -0.15) is 0 Å². The third-order valence-electron chi connectivity index (χ3n) is 3.28. The van der Waals surface area contributed by atoms with Crippen LogP contribution in [-0.2, 0) is 20.9 Å². The summed E-state index contributed by atoms with van der Waals surface area (Å²) in [5.74, 6) is -1.09. The van der Waals surface area contributed by atoms with Gasteiger partial charge in [0.1, 0.15) is 12.6 Å². The number of carboxylic acids is 1. The molecule has 6 heteroatoms. The third kappa shape index (κ3) is 3.27. The van der Waals surface area contributed by atoms with Crippen molar-refractivity contribution >= 4 is 12.1 Å². The van der Waals surface area contributed by atoms with Crippen LogP contribution in [0.2, 0.25) is 0 Å². The predicted molar refractivity (Wildman–Crippen MR) is 70.1 cm³/mol.